The summed E-state index contributed by atoms with van der Waals surface area (Å²) in [6, 6.07) is 7.06. The summed E-state index contributed by atoms with van der Waals surface area (Å²) in [5.74, 6) is 5.75. The maximum absolute atomic E-state index is 11.4. The molecule has 0 saturated heterocycles. The van der Waals surface area contributed by atoms with Crippen LogP contribution < -0.4 is 0 Å². The minimum absolute atomic E-state index is 0.218. The summed E-state index contributed by atoms with van der Waals surface area (Å²) in [5.41, 5.74) is 1.43. The highest BCUT2D eigenvalue weighted by molar-refractivity contribution is 5.89. The van der Waals surface area contributed by atoms with Crippen molar-refractivity contribution in [3.63, 3.8) is 0 Å². The van der Waals surface area contributed by atoms with Gasteiger partial charge in [0.25, 0.3) is 0 Å². The Morgan fingerprint density at radius 2 is 2.00 bits per heavy atom. The van der Waals surface area contributed by atoms with Gasteiger partial charge in [-0.1, -0.05) is 11.8 Å². The molecule has 3 nitrogen and oxygen atoms in total. The molecule has 0 aromatic heterocycles. The van der Waals surface area contributed by atoms with Crippen molar-refractivity contribution in [1.82, 2.24) is 0 Å². The summed E-state index contributed by atoms with van der Waals surface area (Å²) in [6.07, 6.45) is 2.47. The van der Waals surface area contributed by atoms with Crippen molar-refractivity contribution in [1.29, 1.82) is 0 Å². The Kier molecular flexibility index (Phi) is 6.60. The molecule has 0 fully saturated rings. The van der Waals surface area contributed by atoms with Gasteiger partial charge < -0.3 is 9.84 Å². The fourth-order valence-corrected chi connectivity index (χ4v) is 1.39. The summed E-state index contributed by atoms with van der Waals surface area (Å²) in [5, 5.41) is 8.62. The molecule has 0 amide bonds. The first-order valence-electron chi connectivity index (χ1n) is 6.15. The van der Waals surface area contributed by atoms with E-state index in [-0.39, 0.29) is 12.6 Å². The number of unbranched alkanes of at least 4 members (excludes halogenated alkanes) is 2. The van der Waals surface area contributed by atoms with Gasteiger partial charge in [-0.05, 0) is 44.0 Å². The lowest BCUT2D eigenvalue weighted by atomic mass is 10.1. The first kappa shape index (κ1) is 14.3. The molecular weight excluding hydrogens is 228 g/mol. The van der Waals surface area contributed by atoms with Gasteiger partial charge in [0.15, 0.2) is 0 Å². The van der Waals surface area contributed by atoms with Gasteiger partial charge in [0.1, 0.15) is 0 Å². The number of carbonyl (C=O) groups is 1. The molecule has 0 aliphatic rings. The minimum atomic E-state index is -0.306. The molecule has 1 aromatic rings. The summed E-state index contributed by atoms with van der Waals surface area (Å²) < 4.78 is 4.89. The Bertz CT molecular complexity index is 423. The lowest BCUT2D eigenvalue weighted by molar-refractivity contribution is 0.0526. The SMILES string of the molecule is CCOC(=O)c1ccc(C#CCCCCO)cc1. The van der Waals surface area contributed by atoms with E-state index >= 15 is 0 Å². The lowest BCUT2D eigenvalue weighted by Crippen LogP contribution is -2.04. The minimum Gasteiger partial charge on any atom is -0.462 e. The third-order valence-corrected chi connectivity index (χ3v) is 2.34. The molecule has 0 bridgehead atoms. The molecule has 0 saturated carbocycles. The van der Waals surface area contributed by atoms with Crippen molar-refractivity contribution in [2.75, 3.05) is 13.2 Å². The fourth-order valence-electron chi connectivity index (χ4n) is 1.39. The van der Waals surface area contributed by atoms with Gasteiger partial charge in [-0.3, -0.25) is 0 Å². The molecule has 0 atom stereocenters. The standard InChI is InChI=1S/C15H18O3/c1-2-18-15(17)14-10-8-13(9-11-14)7-5-3-4-6-12-16/h8-11,16H,2-4,6,12H2,1H3. The zero-order valence-electron chi connectivity index (χ0n) is 10.6. The number of hydrogen-bond acceptors (Lipinski definition) is 3. The second-order valence-electron chi connectivity index (χ2n) is 3.78. The van der Waals surface area contributed by atoms with E-state index < -0.39 is 0 Å². The van der Waals surface area contributed by atoms with Crippen molar-refractivity contribution >= 4 is 5.97 Å². The van der Waals surface area contributed by atoms with Crippen LogP contribution in [0.2, 0.25) is 0 Å². The van der Waals surface area contributed by atoms with E-state index in [0.717, 1.165) is 24.8 Å². The Hall–Kier alpha value is -1.79. The van der Waals surface area contributed by atoms with E-state index in [4.69, 9.17) is 9.84 Å². The fraction of sp³-hybridized carbons (Fsp3) is 0.400. The molecule has 96 valence electrons. The average molecular weight is 246 g/mol. The number of hydrogen-bond donors (Lipinski definition) is 1. The molecule has 0 spiro atoms. The third-order valence-electron chi connectivity index (χ3n) is 2.34. The molecule has 1 N–H and O–H groups in total. The maximum Gasteiger partial charge on any atom is 0.338 e. The van der Waals surface area contributed by atoms with Crippen molar-refractivity contribution in [3.8, 4) is 11.8 Å². The molecule has 1 aromatic carbocycles. The van der Waals surface area contributed by atoms with E-state index in [1.165, 1.54) is 0 Å². The van der Waals surface area contributed by atoms with Gasteiger partial charge in [0.05, 0.1) is 12.2 Å². The number of esters is 1. The Labute approximate surface area is 108 Å². The van der Waals surface area contributed by atoms with E-state index in [1.807, 2.05) is 12.1 Å². The van der Waals surface area contributed by atoms with Gasteiger partial charge in [-0.25, -0.2) is 4.79 Å². The first-order chi connectivity index (χ1) is 8.77. The van der Waals surface area contributed by atoms with Crippen LogP contribution in [0.4, 0.5) is 0 Å². The molecule has 18 heavy (non-hydrogen) atoms. The normalized spacial score (nSPS) is 9.44. The lowest BCUT2D eigenvalue weighted by Gasteiger charge is -2.00. The zero-order chi connectivity index (χ0) is 13.2. The molecule has 0 aliphatic heterocycles. The summed E-state index contributed by atoms with van der Waals surface area (Å²) in [6.45, 7) is 2.38. The van der Waals surface area contributed by atoms with Crippen LogP contribution in [-0.4, -0.2) is 24.3 Å². The van der Waals surface area contributed by atoms with Crippen LogP contribution in [-0.2, 0) is 4.74 Å². The number of ether oxygens (including phenoxy) is 1. The van der Waals surface area contributed by atoms with Crippen LogP contribution in [0.15, 0.2) is 24.3 Å². The van der Waals surface area contributed by atoms with Gasteiger partial charge in [-0.15, -0.1) is 0 Å². The number of aliphatic hydroxyl groups is 1. The van der Waals surface area contributed by atoms with Crippen LogP contribution in [0.3, 0.4) is 0 Å². The molecule has 3 heteroatoms. The predicted molar refractivity (Wildman–Crippen MR) is 70.2 cm³/mol. The molecule has 0 unspecified atom stereocenters. The Morgan fingerprint density at radius 3 is 2.61 bits per heavy atom. The zero-order valence-corrected chi connectivity index (χ0v) is 10.6. The molecule has 1 rings (SSSR count). The second-order valence-corrected chi connectivity index (χ2v) is 3.78. The van der Waals surface area contributed by atoms with Crippen LogP contribution in [0.1, 0.15) is 42.1 Å². The van der Waals surface area contributed by atoms with Gasteiger partial charge >= 0.3 is 5.97 Å². The van der Waals surface area contributed by atoms with Crippen molar-refractivity contribution in [2.24, 2.45) is 0 Å². The number of rotatable bonds is 5. The quantitative estimate of drug-likeness (QED) is 0.493. The molecule has 0 radical (unpaired) electrons. The van der Waals surface area contributed by atoms with E-state index in [1.54, 1.807) is 19.1 Å². The van der Waals surface area contributed by atoms with Gasteiger partial charge in [0.2, 0.25) is 0 Å². The first-order valence-corrected chi connectivity index (χ1v) is 6.15. The highest BCUT2D eigenvalue weighted by Gasteiger charge is 2.04. The topological polar surface area (TPSA) is 46.5 Å². The van der Waals surface area contributed by atoms with Gasteiger partial charge in [-0.2, -0.15) is 0 Å². The largest absolute Gasteiger partial charge is 0.462 e. The maximum atomic E-state index is 11.4. The molecule has 0 heterocycles. The van der Waals surface area contributed by atoms with Crippen LogP contribution in [0.5, 0.6) is 0 Å². The monoisotopic (exact) mass is 246 g/mol. The van der Waals surface area contributed by atoms with Crippen LogP contribution in [0, 0.1) is 11.8 Å². The predicted octanol–water partition coefficient (Wildman–Crippen LogP) is 2.38. The van der Waals surface area contributed by atoms with Crippen molar-refractivity contribution in [3.05, 3.63) is 35.4 Å². The van der Waals surface area contributed by atoms with E-state index in [9.17, 15) is 4.79 Å². The van der Waals surface area contributed by atoms with Crippen molar-refractivity contribution < 1.29 is 14.6 Å². The molecule has 0 aliphatic carbocycles. The van der Waals surface area contributed by atoms with Crippen LogP contribution in [0.25, 0.3) is 0 Å². The average Bonchev–Trinajstić information content (AvgIpc) is 2.39. The van der Waals surface area contributed by atoms with Crippen molar-refractivity contribution in [2.45, 2.75) is 26.2 Å². The summed E-state index contributed by atoms with van der Waals surface area (Å²) in [4.78, 5) is 11.4. The highest BCUT2D eigenvalue weighted by Crippen LogP contribution is 2.05. The second kappa shape index (κ2) is 8.32. The Morgan fingerprint density at radius 1 is 1.28 bits per heavy atom. The Balaban J connectivity index is 2.52. The third kappa shape index (κ3) is 5.03. The number of benzene rings is 1. The summed E-state index contributed by atoms with van der Waals surface area (Å²) in [7, 11) is 0. The molecular formula is C15H18O3. The van der Waals surface area contributed by atoms with Crippen LogP contribution >= 0.6 is 0 Å². The van der Waals surface area contributed by atoms with Gasteiger partial charge in [0, 0.05) is 18.6 Å². The smallest absolute Gasteiger partial charge is 0.338 e. The van der Waals surface area contributed by atoms with E-state index in [0.29, 0.717) is 12.2 Å². The number of aliphatic hydroxyl groups excluding tert-OH is 1. The van der Waals surface area contributed by atoms with E-state index in [2.05, 4.69) is 11.8 Å². The number of carbonyl (C=O) groups excluding carboxylic acids is 1. The highest BCUT2D eigenvalue weighted by atomic mass is 16.5. The summed E-state index contributed by atoms with van der Waals surface area (Å²) >= 11 is 0.